The normalized spacial score (nSPS) is 11.3. The van der Waals surface area contributed by atoms with Crippen molar-refractivity contribution in [2.45, 2.75) is 46.5 Å². The zero-order valence-corrected chi connectivity index (χ0v) is 8.89. The van der Waals surface area contributed by atoms with E-state index in [0.29, 0.717) is 12.0 Å². The Morgan fingerprint density at radius 1 is 1.38 bits per heavy atom. The van der Waals surface area contributed by atoms with Gasteiger partial charge in [-0.25, -0.2) is 4.79 Å². The first-order valence-electron chi connectivity index (χ1n) is 4.80. The summed E-state index contributed by atoms with van der Waals surface area (Å²) in [6.45, 7) is 10.0. The second-order valence-electron chi connectivity index (χ2n) is 4.32. The number of aliphatic carboxylic acids is 1. The van der Waals surface area contributed by atoms with Gasteiger partial charge in [0.25, 0.3) is 0 Å². The number of rotatable bonds is 6. The van der Waals surface area contributed by atoms with Crippen LogP contribution < -0.4 is 0 Å². The lowest BCUT2D eigenvalue weighted by molar-refractivity contribution is -0.132. The van der Waals surface area contributed by atoms with Crippen LogP contribution in [0, 0.1) is 5.41 Å². The minimum Gasteiger partial charge on any atom is -0.478 e. The molecule has 0 amide bonds. The maximum atomic E-state index is 10.5. The molecule has 0 radical (unpaired) electrons. The maximum Gasteiger partial charge on any atom is 0.330 e. The molecular formula is C11H20O2. The molecule has 2 heteroatoms. The molecule has 76 valence electrons. The summed E-state index contributed by atoms with van der Waals surface area (Å²) in [6, 6.07) is 0. The molecule has 0 spiro atoms. The molecule has 0 bridgehead atoms. The molecule has 0 fully saturated rings. The van der Waals surface area contributed by atoms with Gasteiger partial charge in [-0.2, -0.15) is 0 Å². The maximum absolute atomic E-state index is 10.5. The van der Waals surface area contributed by atoms with E-state index in [-0.39, 0.29) is 5.41 Å². The van der Waals surface area contributed by atoms with Crippen molar-refractivity contribution in [2.24, 2.45) is 5.41 Å². The van der Waals surface area contributed by atoms with Crippen molar-refractivity contribution in [1.29, 1.82) is 0 Å². The zero-order valence-electron chi connectivity index (χ0n) is 8.89. The van der Waals surface area contributed by atoms with Crippen molar-refractivity contribution in [1.82, 2.24) is 0 Å². The molecule has 0 aliphatic carbocycles. The van der Waals surface area contributed by atoms with Gasteiger partial charge in [0.2, 0.25) is 0 Å². The standard InChI is InChI=1S/C11H20O2/c1-5-7-11(3,4)8-6-9(2)10(12)13/h2,5-8H2,1,3-4H3,(H,12,13). The van der Waals surface area contributed by atoms with Crippen LogP contribution in [-0.4, -0.2) is 11.1 Å². The van der Waals surface area contributed by atoms with Crippen molar-refractivity contribution in [3.63, 3.8) is 0 Å². The van der Waals surface area contributed by atoms with Gasteiger partial charge in [-0.05, 0) is 24.7 Å². The van der Waals surface area contributed by atoms with Gasteiger partial charge in [0.05, 0.1) is 0 Å². The molecule has 0 saturated heterocycles. The molecular weight excluding hydrogens is 164 g/mol. The quantitative estimate of drug-likeness (QED) is 0.643. The van der Waals surface area contributed by atoms with Crippen molar-refractivity contribution in [2.75, 3.05) is 0 Å². The van der Waals surface area contributed by atoms with E-state index in [1.807, 2.05) is 0 Å². The molecule has 2 nitrogen and oxygen atoms in total. The lowest BCUT2D eigenvalue weighted by atomic mass is 9.82. The Morgan fingerprint density at radius 2 is 1.92 bits per heavy atom. The van der Waals surface area contributed by atoms with Gasteiger partial charge in [-0.1, -0.05) is 33.8 Å². The summed E-state index contributed by atoms with van der Waals surface area (Å²) in [4.78, 5) is 10.5. The monoisotopic (exact) mass is 184 g/mol. The molecule has 0 heterocycles. The first-order chi connectivity index (χ1) is 5.89. The van der Waals surface area contributed by atoms with E-state index in [4.69, 9.17) is 5.11 Å². The lowest BCUT2D eigenvalue weighted by Gasteiger charge is -2.23. The van der Waals surface area contributed by atoms with Crippen molar-refractivity contribution in [3.05, 3.63) is 12.2 Å². The average Bonchev–Trinajstić information content (AvgIpc) is 2.00. The predicted octanol–water partition coefficient (Wildman–Crippen LogP) is 3.23. The van der Waals surface area contributed by atoms with E-state index < -0.39 is 5.97 Å². The van der Waals surface area contributed by atoms with Crippen LogP contribution in [0.3, 0.4) is 0 Å². The van der Waals surface area contributed by atoms with Gasteiger partial charge in [0, 0.05) is 5.57 Å². The number of hydrogen-bond acceptors (Lipinski definition) is 1. The highest BCUT2D eigenvalue weighted by Crippen LogP contribution is 2.29. The van der Waals surface area contributed by atoms with Gasteiger partial charge >= 0.3 is 5.97 Å². The van der Waals surface area contributed by atoms with E-state index in [2.05, 4.69) is 27.4 Å². The highest BCUT2D eigenvalue weighted by molar-refractivity contribution is 5.85. The fourth-order valence-electron chi connectivity index (χ4n) is 1.40. The van der Waals surface area contributed by atoms with E-state index in [0.717, 1.165) is 19.3 Å². The molecule has 0 aliphatic rings. The highest BCUT2D eigenvalue weighted by atomic mass is 16.4. The molecule has 0 aliphatic heterocycles. The van der Waals surface area contributed by atoms with E-state index in [1.165, 1.54) is 0 Å². The molecule has 0 aromatic rings. The van der Waals surface area contributed by atoms with Crippen LogP contribution in [0.25, 0.3) is 0 Å². The summed E-state index contributed by atoms with van der Waals surface area (Å²) in [5, 5.41) is 8.61. The molecule has 1 N–H and O–H groups in total. The second-order valence-corrected chi connectivity index (χ2v) is 4.32. The third-order valence-corrected chi connectivity index (χ3v) is 2.33. The van der Waals surface area contributed by atoms with Gasteiger partial charge < -0.3 is 5.11 Å². The Kier molecular flexibility index (Phi) is 4.74. The summed E-state index contributed by atoms with van der Waals surface area (Å²) >= 11 is 0. The molecule has 0 aromatic heterocycles. The van der Waals surface area contributed by atoms with Gasteiger partial charge in [0.1, 0.15) is 0 Å². The average molecular weight is 184 g/mol. The molecule has 13 heavy (non-hydrogen) atoms. The number of carbonyl (C=O) groups is 1. The third kappa shape index (κ3) is 5.45. The minimum absolute atomic E-state index is 0.243. The largest absolute Gasteiger partial charge is 0.478 e. The minimum atomic E-state index is -0.868. The van der Waals surface area contributed by atoms with Crippen molar-refractivity contribution in [3.8, 4) is 0 Å². The van der Waals surface area contributed by atoms with Gasteiger partial charge in [-0.3, -0.25) is 0 Å². The van der Waals surface area contributed by atoms with Crippen molar-refractivity contribution < 1.29 is 9.90 Å². The van der Waals surface area contributed by atoms with E-state index in [1.54, 1.807) is 0 Å². The first kappa shape index (κ1) is 12.2. The fraction of sp³-hybridized carbons (Fsp3) is 0.727. The number of carboxylic acid groups (broad SMARTS) is 1. The zero-order chi connectivity index (χ0) is 10.5. The Morgan fingerprint density at radius 3 is 2.31 bits per heavy atom. The van der Waals surface area contributed by atoms with Crippen LogP contribution in [0.1, 0.15) is 46.5 Å². The lowest BCUT2D eigenvalue weighted by Crippen LogP contribution is -2.12. The molecule has 0 aromatic carbocycles. The summed E-state index contributed by atoms with van der Waals surface area (Å²) < 4.78 is 0. The predicted molar refractivity (Wildman–Crippen MR) is 54.7 cm³/mol. The molecule has 0 saturated carbocycles. The Bertz CT molecular complexity index is 192. The summed E-state index contributed by atoms with van der Waals surface area (Å²) in [7, 11) is 0. The third-order valence-electron chi connectivity index (χ3n) is 2.33. The summed E-state index contributed by atoms with van der Waals surface area (Å²) in [5.41, 5.74) is 0.567. The van der Waals surface area contributed by atoms with E-state index >= 15 is 0 Å². The summed E-state index contributed by atoms with van der Waals surface area (Å²) in [5.74, 6) is -0.868. The Balaban J connectivity index is 3.87. The Labute approximate surface area is 80.7 Å². The number of carboxylic acids is 1. The van der Waals surface area contributed by atoms with Gasteiger partial charge in [0.15, 0.2) is 0 Å². The topological polar surface area (TPSA) is 37.3 Å². The van der Waals surface area contributed by atoms with E-state index in [9.17, 15) is 4.79 Å². The fourth-order valence-corrected chi connectivity index (χ4v) is 1.40. The van der Waals surface area contributed by atoms with Crippen LogP contribution in [-0.2, 0) is 4.79 Å². The molecule has 0 atom stereocenters. The highest BCUT2D eigenvalue weighted by Gasteiger charge is 2.17. The second kappa shape index (κ2) is 5.05. The summed E-state index contributed by atoms with van der Waals surface area (Å²) in [6.07, 6.45) is 3.79. The van der Waals surface area contributed by atoms with Gasteiger partial charge in [-0.15, -0.1) is 0 Å². The molecule has 0 rings (SSSR count). The van der Waals surface area contributed by atoms with Crippen LogP contribution >= 0.6 is 0 Å². The van der Waals surface area contributed by atoms with Crippen LogP contribution in [0.15, 0.2) is 12.2 Å². The van der Waals surface area contributed by atoms with Crippen LogP contribution in [0.2, 0.25) is 0 Å². The van der Waals surface area contributed by atoms with Crippen LogP contribution in [0.5, 0.6) is 0 Å². The number of hydrogen-bond donors (Lipinski definition) is 1. The van der Waals surface area contributed by atoms with Crippen molar-refractivity contribution >= 4 is 5.97 Å². The molecule has 0 unspecified atom stereocenters. The van der Waals surface area contributed by atoms with Crippen LogP contribution in [0.4, 0.5) is 0 Å². The first-order valence-corrected chi connectivity index (χ1v) is 4.80. The SMILES string of the molecule is C=C(CCC(C)(C)CCC)C(=O)O. The Hall–Kier alpha value is -0.790. The smallest absolute Gasteiger partial charge is 0.330 e.